The molecule has 0 amide bonds. The van der Waals surface area contributed by atoms with Crippen LogP contribution in [0.5, 0.6) is 5.75 Å². The number of phenolic OH excluding ortho intramolecular Hbond substituents is 1. The smallest absolute Gasteiger partial charge is 0.120 e. The van der Waals surface area contributed by atoms with E-state index in [-0.39, 0.29) is 11.8 Å². The van der Waals surface area contributed by atoms with E-state index in [0.29, 0.717) is 11.4 Å². The van der Waals surface area contributed by atoms with Gasteiger partial charge in [-0.2, -0.15) is 0 Å². The summed E-state index contributed by atoms with van der Waals surface area (Å²) in [5.74, 6) is 0.222. The third-order valence-electron chi connectivity index (χ3n) is 1.62. The van der Waals surface area contributed by atoms with E-state index in [4.69, 9.17) is 17.3 Å². The normalized spacial score (nSPS) is 12.9. The summed E-state index contributed by atoms with van der Waals surface area (Å²) in [6, 6.07) is 5.08. The van der Waals surface area contributed by atoms with Crippen molar-refractivity contribution in [3.05, 3.63) is 28.8 Å². The second kappa shape index (κ2) is 3.78. The number of hydrogen-bond donors (Lipinski definition) is 2. The van der Waals surface area contributed by atoms with Crippen molar-refractivity contribution in [1.29, 1.82) is 0 Å². The van der Waals surface area contributed by atoms with E-state index in [2.05, 4.69) is 0 Å². The first kappa shape index (κ1) is 9.36. The third-order valence-corrected chi connectivity index (χ3v) is 1.97. The van der Waals surface area contributed by atoms with E-state index >= 15 is 0 Å². The highest BCUT2D eigenvalue weighted by atomic mass is 35.5. The van der Waals surface area contributed by atoms with Gasteiger partial charge in [0.1, 0.15) is 5.75 Å². The van der Waals surface area contributed by atoms with Crippen LogP contribution in [0.15, 0.2) is 18.2 Å². The lowest BCUT2D eigenvalue weighted by Crippen LogP contribution is -2.18. The van der Waals surface area contributed by atoms with Crippen molar-refractivity contribution in [3.8, 4) is 5.75 Å². The Morgan fingerprint density at radius 1 is 1.58 bits per heavy atom. The molecule has 0 spiro atoms. The minimum Gasteiger partial charge on any atom is -0.508 e. The second-order valence-electron chi connectivity index (χ2n) is 2.92. The molecule has 1 atom stereocenters. The molecule has 0 aliphatic heterocycles. The molecule has 1 aromatic rings. The lowest BCUT2D eigenvalue weighted by atomic mass is 10.1. The number of phenols is 1. The van der Waals surface area contributed by atoms with Crippen LogP contribution >= 0.6 is 11.6 Å². The third kappa shape index (κ3) is 2.13. The van der Waals surface area contributed by atoms with Gasteiger partial charge in [0.15, 0.2) is 0 Å². The summed E-state index contributed by atoms with van der Waals surface area (Å²) in [6.07, 6.45) is 0.603. The maximum Gasteiger partial charge on any atom is 0.120 e. The molecule has 0 aliphatic carbocycles. The largest absolute Gasteiger partial charge is 0.508 e. The Labute approximate surface area is 77.0 Å². The molecule has 0 saturated carbocycles. The molecule has 3 N–H and O–H groups in total. The minimum atomic E-state index is 0.01000. The summed E-state index contributed by atoms with van der Waals surface area (Å²) < 4.78 is 0. The van der Waals surface area contributed by atoms with Gasteiger partial charge in [-0.15, -0.1) is 0 Å². The van der Waals surface area contributed by atoms with Crippen molar-refractivity contribution >= 4 is 11.6 Å². The van der Waals surface area contributed by atoms with Crippen LogP contribution in [0.4, 0.5) is 0 Å². The summed E-state index contributed by atoms with van der Waals surface area (Å²) in [4.78, 5) is 0. The quantitative estimate of drug-likeness (QED) is 0.740. The highest BCUT2D eigenvalue weighted by molar-refractivity contribution is 6.31. The maximum atomic E-state index is 9.40. The molecule has 0 bridgehead atoms. The topological polar surface area (TPSA) is 46.2 Å². The Morgan fingerprint density at radius 3 is 2.75 bits per heavy atom. The zero-order valence-corrected chi connectivity index (χ0v) is 7.67. The van der Waals surface area contributed by atoms with E-state index in [9.17, 15) is 5.11 Å². The van der Waals surface area contributed by atoms with Gasteiger partial charge in [-0.1, -0.05) is 17.7 Å². The first-order valence-corrected chi connectivity index (χ1v) is 4.21. The average molecular weight is 186 g/mol. The highest BCUT2D eigenvalue weighted by Gasteiger charge is 2.07. The number of aromatic hydroxyl groups is 1. The first-order valence-electron chi connectivity index (χ1n) is 3.83. The predicted molar refractivity (Wildman–Crippen MR) is 50.5 cm³/mol. The lowest BCUT2D eigenvalue weighted by Gasteiger charge is -2.08. The fourth-order valence-corrected chi connectivity index (χ4v) is 1.32. The van der Waals surface area contributed by atoms with Crippen molar-refractivity contribution in [2.75, 3.05) is 0 Å². The molecule has 66 valence electrons. The number of benzene rings is 1. The Morgan fingerprint density at radius 2 is 2.25 bits per heavy atom. The summed E-state index contributed by atoms with van der Waals surface area (Å²) in [5.41, 5.74) is 6.32. The number of rotatable bonds is 2. The Kier molecular flexibility index (Phi) is 2.95. The van der Waals surface area contributed by atoms with Crippen molar-refractivity contribution < 1.29 is 5.11 Å². The van der Waals surface area contributed by atoms with Crippen LogP contribution in [0.25, 0.3) is 0 Å². The number of nitrogens with two attached hydrogens (primary N) is 1. The van der Waals surface area contributed by atoms with Crippen molar-refractivity contribution in [1.82, 2.24) is 0 Å². The molecule has 0 saturated heterocycles. The standard InChI is InChI=1S/C9H12ClNO/c1-6(11)5-7-8(10)3-2-4-9(7)12/h2-4,6,12H,5,11H2,1H3/t6-/m0/s1. The van der Waals surface area contributed by atoms with Gasteiger partial charge in [-0.3, -0.25) is 0 Å². The molecular formula is C9H12ClNO. The van der Waals surface area contributed by atoms with Gasteiger partial charge < -0.3 is 10.8 Å². The summed E-state index contributed by atoms with van der Waals surface area (Å²) in [7, 11) is 0. The Balaban J connectivity index is 2.96. The molecule has 0 aliphatic rings. The van der Waals surface area contributed by atoms with Crippen LogP contribution in [0.2, 0.25) is 5.02 Å². The molecule has 2 nitrogen and oxygen atoms in total. The van der Waals surface area contributed by atoms with Crippen LogP contribution in [-0.4, -0.2) is 11.1 Å². The average Bonchev–Trinajstić information content (AvgIpc) is 1.97. The van der Waals surface area contributed by atoms with Crippen LogP contribution in [0, 0.1) is 0 Å². The SMILES string of the molecule is C[C@H](N)Cc1c(O)cccc1Cl. The molecule has 0 heterocycles. The van der Waals surface area contributed by atoms with Crippen LogP contribution in [0.1, 0.15) is 12.5 Å². The first-order chi connectivity index (χ1) is 5.61. The predicted octanol–water partition coefficient (Wildman–Crippen LogP) is 1.94. The minimum absolute atomic E-state index is 0.01000. The summed E-state index contributed by atoms with van der Waals surface area (Å²) in [5, 5.41) is 9.98. The van der Waals surface area contributed by atoms with Gasteiger partial charge in [0.2, 0.25) is 0 Å². The van der Waals surface area contributed by atoms with Gasteiger partial charge in [-0.25, -0.2) is 0 Å². The molecule has 0 aromatic heterocycles. The fraction of sp³-hybridized carbons (Fsp3) is 0.333. The Bertz CT molecular complexity index is 253. The molecule has 0 unspecified atom stereocenters. The van der Waals surface area contributed by atoms with Crippen molar-refractivity contribution in [2.24, 2.45) is 5.73 Å². The van der Waals surface area contributed by atoms with Gasteiger partial charge in [-0.05, 0) is 25.5 Å². The van der Waals surface area contributed by atoms with E-state index in [1.54, 1.807) is 18.2 Å². The number of hydrogen-bond acceptors (Lipinski definition) is 2. The molecular weight excluding hydrogens is 174 g/mol. The fourth-order valence-electron chi connectivity index (χ4n) is 1.07. The van der Waals surface area contributed by atoms with Crippen molar-refractivity contribution in [3.63, 3.8) is 0 Å². The van der Waals surface area contributed by atoms with E-state index in [1.165, 1.54) is 0 Å². The van der Waals surface area contributed by atoms with Crippen molar-refractivity contribution in [2.45, 2.75) is 19.4 Å². The van der Waals surface area contributed by atoms with Crippen LogP contribution in [-0.2, 0) is 6.42 Å². The van der Waals surface area contributed by atoms with Crippen LogP contribution in [0.3, 0.4) is 0 Å². The lowest BCUT2D eigenvalue weighted by molar-refractivity contribution is 0.466. The molecule has 12 heavy (non-hydrogen) atoms. The molecule has 3 heteroatoms. The zero-order valence-electron chi connectivity index (χ0n) is 6.92. The van der Waals surface area contributed by atoms with Gasteiger partial charge in [0, 0.05) is 16.6 Å². The molecule has 1 aromatic carbocycles. The monoisotopic (exact) mass is 185 g/mol. The number of halogens is 1. The van der Waals surface area contributed by atoms with E-state index < -0.39 is 0 Å². The van der Waals surface area contributed by atoms with Crippen LogP contribution < -0.4 is 5.73 Å². The van der Waals surface area contributed by atoms with E-state index in [1.807, 2.05) is 6.92 Å². The highest BCUT2D eigenvalue weighted by Crippen LogP contribution is 2.25. The molecule has 0 fully saturated rings. The maximum absolute atomic E-state index is 9.40. The van der Waals surface area contributed by atoms with Gasteiger partial charge >= 0.3 is 0 Å². The molecule has 0 radical (unpaired) electrons. The Hall–Kier alpha value is -0.730. The summed E-state index contributed by atoms with van der Waals surface area (Å²) in [6.45, 7) is 1.88. The second-order valence-corrected chi connectivity index (χ2v) is 3.33. The van der Waals surface area contributed by atoms with Gasteiger partial charge in [0.05, 0.1) is 0 Å². The zero-order chi connectivity index (χ0) is 9.14. The summed E-state index contributed by atoms with van der Waals surface area (Å²) >= 11 is 5.86. The van der Waals surface area contributed by atoms with E-state index in [0.717, 1.165) is 5.56 Å². The van der Waals surface area contributed by atoms with Gasteiger partial charge in [0.25, 0.3) is 0 Å². The molecule has 1 rings (SSSR count).